The molecule has 0 amide bonds. The lowest BCUT2D eigenvalue weighted by Crippen LogP contribution is -2.15. The topological polar surface area (TPSA) is 47.5 Å². The zero-order chi connectivity index (χ0) is 11.3. The molecular weight excluding hydrogens is 194 g/mol. The van der Waals surface area contributed by atoms with Crippen molar-refractivity contribution >= 4 is 0 Å². The molecule has 15 heavy (non-hydrogen) atoms. The van der Waals surface area contributed by atoms with Crippen molar-refractivity contribution in [2.45, 2.75) is 12.8 Å². The predicted molar refractivity (Wildman–Crippen MR) is 56.2 cm³/mol. The fourth-order valence-electron chi connectivity index (χ4n) is 1.24. The number of nitrogens with zero attached hydrogens (tertiary/aromatic N) is 3. The summed E-state index contributed by atoms with van der Waals surface area (Å²) >= 11 is 0. The number of methoxy groups -OCH3 is 2. The van der Waals surface area contributed by atoms with Crippen LogP contribution in [0.25, 0.3) is 0 Å². The molecule has 0 unspecified atom stereocenters. The van der Waals surface area contributed by atoms with Gasteiger partial charge in [0.1, 0.15) is 5.82 Å². The van der Waals surface area contributed by atoms with Gasteiger partial charge in [-0.15, -0.1) is 0 Å². The highest BCUT2D eigenvalue weighted by molar-refractivity contribution is 5.03. The van der Waals surface area contributed by atoms with E-state index < -0.39 is 6.29 Å². The Kier molecular flexibility index (Phi) is 4.61. The number of hydrogen-bond donors (Lipinski definition) is 0. The largest absolute Gasteiger partial charge is 0.350 e. The Labute approximate surface area is 90.0 Å². The van der Waals surface area contributed by atoms with Crippen molar-refractivity contribution < 1.29 is 9.47 Å². The quantitative estimate of drug-likeness (QED) is 0.675. The van der Waals surface area contributed by atoms with Crippen LogP contribution in [0.3, 0.4) is 0 Å². The number of rotatable bonds is 5. The van der Waals surface area contributed by atoms with E-state index in [-0.39, 0.29) is 0 Å². The number of aromatic nitrogens is 2. The van der Waals surface area contributed by atoms with Crippen molar-refractivity contribution in [3.05, 3.63) is 23.8 Å². The van der Waals surface area contributed by atoms with E-state index in [1.807, 2.05) is 19.0 Å². The van der Waals surface area contributed by atoms with Gasteiger partial charge in [-0.3, -0.25) is 0 Å². The number of ether oxygens (including phenoxy) is 2. The fraction of sp³-hybridized carbons (Fsp3) is 0.600. The first kappa shape index (κ1) is 12.0. The molecule has 1 aromatic rings. The zero-order valence-corrected chi connectivity index (χ0v) is 9.60. The molecule has 0 spiro atoms. The van der Waals surface area contributed by atoms with E-state index in [0.717, 1.165) is 11.5 Å². The molecule has 0 saturated heterocycles. The standard InChI is InChI=1S/C10H17N3O2/c1-13(2)7-9-11-6-5-8(12-9)10(14-3)15-4/h5-6,10H,7H2,1-4H3. The first-order valence-electron chi connectivity index (χ1n) is 4.69. The summed E-state index contributed by atoms with van der Waals surface area (Å²) < 4.78 is 10.2. The zero-order valence-electron chi connectivity index (χ0n) is 9.60. The molecule has 0 aliphatic rings. The van der Waals surface area contributed by atoms with E-state index in [1.165, 1.54) is 0 Å². The molecule has 1 heterocycles. The maximum atomic E-state index is 5.12. The van der Waals surface area contributed by atoms with Gasteiger partial charge < -0.3 is 14.4 Å². The minimum atomic E-state index is -0.422. The van der Waals surface area contributed by atoms with Crippen molar-refractivity contribution in [3.63, 3.8) is 0 Å². The monoisotopic (exact) mass is 211 g/mol. The van der Waals surface area contributed by atoms with Crippen LogP contribution in [0.4, 0.5) is 0 Å². The van der Waals surface area contributed by atoms with Gasteiger partial charge in [-0.1, -0.05) is 0 Å². The molecule has 1 aromatic heterocycles. The van der Waals surface area contributed by atoms with Crippen LogP contribution in [-0.4, -0.2) is 43.2 Å². The molecular formula is C10H17N3O2. The van der Waals surface area contributed by atoms with Crippen molar-refractivity contribution in [1.29, 1.82) is 0 Å². The third-order valence-corrected chi connectivity index (χ3v) is 1.85. The summed E-state index contributed by atoms with van der Waals surface area (Å²) in [5.74, 6) is 0.761. The van der Waals surface area contributed by atoms with Crippen LogP contribution in [0.5, 0.6) is 0 Å². The van der Waals surface area contributed by atoms with Crippen LogP contribution in [0.1, 0.15) is 17.8 Å². The summed E-state index contributed by atoms with van der Waals surface area (Å²) in [6.45, 7) is 0.702. The SMILES string of the molecule is COC(OC)c1ccnc(CN(C)C)n1. The lowest BCUT2D eigenvalue weighted by atomic mass is 10.4. The minimum absolute atomic E-state index is 0.422. The van der Waals surface area contributed by atoms with Crippen LogP contribution < -0.4 is 0 Å². The van der Waals surface area contributed by atoms with E-state index in [0.29, 0.717) is 6.54 Å². The van der Waals surface area contributed by atoms with Gasteiger partial charge in [0.15, 0.2) is 0 Å². The Morgan fingerprint density at radius 3 is 2.53 bits per heavy atom. The van der Waals surface area contributed by atoms with Gasteiger partial charge in [0.25, 0.3) is 0 Å². The van der Waals surface area contributed by atoms with Gasteiger partial charge in [-0.2, -0.15) is 0 Å². The average molecular weight is 211 g/mol. The summed E-state index contributed by atoms with van der Waals surface area (Å²) in [6, 6.07) is 1.79. The van der Waals surface area contributed by atoms with Gasteiger partial charge in [0.2, 0.25) is 6.29 Å². The maximum Gasteiger partial charge on any atom is 0.200 e. The van der Waals surface area contributed by atoms with Gasteiger partial charge >= 0.3 is 0 Å². The van der Waals surface area contributed by atoms with Gasteiger partial charge in [-0.25, -0.2) is 9.97 Å². The Hall–Kier alpha value is -1.04. The molecule has 0 aromatic carbocycles. The molecule has 0 atom stereocenters. The Morgan fingerprint density at radius 2 is 2.00 bits per heavy atom. The van der Waals surface area contributed by atoms with Crippen molar-refractivity contribution in [3.8, 4) is 0 Å². The summed E-state index contributed by atoms with van der Waals surface area (Å²) in [5.41, 5.74) is 0.742. The van der Waals surface area contributed by atoms with Crippen molar-refractivity contribution in [2.24, 2.45) is 0 Å². The van der Waals surface area contributed by atoms with Crippen LogP contribution in [0.15, 0.2) is 12.3 Å². The van der Waals surface area contributed by atoms with Crippen LogP contribution in [0, 0.1) is 0 Å². The van der Waals surface area contributed by atoms with Crippen molar-refractivity contribution in [2.75, 3.05) is 28.3 Å². The third kappa shape index (κ3) is 3.54. The normalized spacial score (nSPS) is 11.3. The Balaban J connectivity index is 2.81. The lowest BCUT2D eigenvalue weighted by Gasteiger charge is -2.14. The first-order chi connectivity index (χ1) is 7.17. The Morgan fingerprint density at radius 1 is 1.33 bits per heavy atom. The lowest BCUT2D eigenvalue weighted by molar-refractivity contribution is -0.108. The smallest absolute Gasteiger partial charge is 0.200 e. The van der Waals surface area contributed by atoms with Gasteiger partial charge in [0.05, 0.1) is 12.2 Å². The van der Waals surface area contributed by atoms with E-state index >= 15 is 0 Å². The second kappa shape index (κ2) is 5.75. The van der Waals surface area contributed by atoms with E-state index in [2.05, 4.69) is 9.97 Å². The summed E-state index contributed by atoms with van der Waals surface area (Å²) in [7, 11) is 7.12. The second-order valence-corrected chi connectivity index (χ2v) is 3.44. The molecule has 0 aliphatic carbocycles. The summed E-state index contributed by atoms with van der Waals surface area (Å²) in [4.78, 5) is 10.5. The van der Waals surface area contributed by atoms with E-state index in [1.54, 1.807) is 26.5 Å². The highest BCUT2D eigenvalue weighted by atomic mass is 16.7. The Bertz CT molecular complexity index is 300. The average Bonchev–Trinajstić information content (AvgIpc) is 2.19. The van der Waals surface area contributed by atoms with Gasteiger partial charge in [-0.05, 0) is 20.2 Å². The van der Waals surface area contributed by atoms with E-state index in [4.69, 9.17) is 9.47 Å². The molecule has 0 bridgehead atoms. The maximum absolute atomic E-state index is 5.12. The number of hydrogen-bond acceptors (Lipinski definition) is 5. The molecule has 0 saturated carbocycles. The van der Waals surface area contributed by atoms with Crippen LogP contribution >= 0.6 is 0 Å². The fourth-order valence-corrected chi connectivity index (χ4v) is 1.24. The first-order valence-corrected chi connectivity index (χ1v) is 4.69. The summed E-state index contributed by atoms with van der Waals surface area (Å²) in [6.07, 6.45) is 1.29. The molecule has 0 aliphatic heterocycles. The third-order valence-electron chi connectivity index (χ3n) is 1.85. The van der Waals surface area contributed by atoms with Gasteiger partial charge in [0, 0.05) is 20.4 Å². The molecule has 0 fully saturated rings. The highest BCUT2D eigenvalue weighted by Gasteiger charge is 2.11. The second-order valence-electron chi connectivity index (χ2n) is 3.44. The summed E-state index contributed by atoms with van der Waals surface area (Å²) in [5, 5.41) is 0. The van der Waals surface area contributed by atoms with E-state index in [9.17, 15) is 0 Å². The van der Waals surface area contributed by atoms with Crippen molar-refractivity contribution in [1.82, 2.24) is 14.9 Å². The molecule has 1 rings (SSSR count). The molecule has 0 radical (unpaired) electrons. The minimum Gasteiger partial charge on any atom is -0.350 e. The molecule has 5 heteroatoms. The molecule has 0 N–H and O–H groups in total. The highest BCUT2D eigenvalue weighted by Crippen LogP contribution is 2.13. The predicted octanol–water partition coefficient (Wildman–Crippen LogP) is 0.830. The van der Waals surface area contributed by atoms with Crippen LogP contribution in [0.2, 0.25) is 0 Å². The van der Waals surface area contributed by atoms with Crippen LogP contribution in [-0.2, 0) is 16.0 Å². The molecule has 5 nitrogen and oxygen atoms in total. The molecule has 84 valence electrons.